The van der Waals surface area contributed by atoms with Crippen LogP contribution in [0.4, 0.5) is 0 Å². The van der Waals surface area contributed by atoms with E-state index in [2.05, 4.69) is 17.6 Å². The molecular formula is C26H29N2O6+. The lowest BCUT2D eigenvalue weighted by Crippen LogP contribution is -3.09. The molecule has 2 atom stereocenters. The summed E-state index contributed by atoms with van der Waals surface area (Å²) in [5.74, 6) is 1.12. The van der Waals surface area contributed by atoms with Gasteiger partial charge < -0.3 is 24.1 Å². The summed E-state index contributed by atoms with van der Waals surface area (Å²) in [7, 11) is 0. The maximum atomic E-state index is 12.3. The van der Waals surface area contributed by atoms with Crippen molar-refractivity contribution in [2.45, 2.75) is 38.9 Å². The van der Waals surface area contributed by atoms with Crippen LogP contribution < -0.4 is 19.1 Å². The number of nitrogens with zero attached hydrogens (tertiary/aromatic N) is 1. The molecule has 0 spiro atoms. The normalized spacial score (nSPS) is 22.1. The van der Waals surface area contributed by atoms with Gasteiger partial charge in [0, 0.05) is 36.4 Å². The number of benzene rings is 1. The number of allylic oxidation sites excluding steroid dienone is 3. The fourth-order valence-corrected chi connectivity index (χ4v) is 4.60. The number of esters is 1. The Balaban J connectivity index is 1.43. The number of rotatable bonds is 7. The number of nitrogens with one attached hydrogen (secondary N) is 1. The molecule has 4 aliphatic rings. The Kier molecular flexibility index (Phi) is 5.58. The highest BCUT2D eigenvalue weighted by molar-refractivity contribution is 5.95. The Bertz CT molecular complexity index is 1180. The number of quaternary nitrogens is 1. The topological polar surface area (TPSA) is 91.0 Å². The maximum Gasteiger partial charge on any atom is 0.374 e. The summed E-state index contributed by atoms with van der Waals surface area (Å²) in [5.41, 5.74) is 3.32. The predicted octanol–water partition coefficient (Wildman–Crippen LogP) is 1.74. The van der Waals surface area contributed by atoms with E-state index in [9.17, 15) is 9.90 Å². The van der Waals surface area contributed by atoms with Gasteiger partial charge in [0.15, 0.2) is 5.70 Å². The third kappa shape index (κ3) is 3.93. The van der Waals surface area contributed by atoms with Crippen molar-refractivity contribution in [3.05, 3.63) is 59.2 Å². The molecule has 178 valence electrons. The first kappa shape index (κ1) is 22.4. The van der Waals surface area contributed by atoms with Gasteiger partial charge in [-0.3, -0.25) is 9.89 Å². The van der Waals surface area contributed by atoms with Gasteiger partial charge in [0.1, 0.15) is 48.7 Å². The molecule has 4 heterocycles. The number of hydrogen-bond donors (Lipinski definition) is 2. The minimum atomic E-state index is -1.04. The highest BCUT2D eigenvalue weighted by Crippen LogP contribution is 2.49. The van der Waals surface area contributed by atoms with Crippen LogP contribution in [0.15, 0.2) is 53.0 Å². The summed E-state index contributed by atoms with van der Waals surface area (Å²) in [6, 6.07) is 1.74. The van der Waals surface area contributed by atoms with Crippen LogP contribution >= 0.6 is 0 Å². The second-order valence-electron chi connectivity index (χ2n) is 9.23. The van der Waals surface area contributed by atoms with Crippen LogP contribution in [0.3, 0.4) is 0 Å². The molecule has 0 amide bonds. The quantitative estimate of drug-likeness (QED) is 0.597. The van der Waals surface area contributed by atoms with Crippen LogP contribution in [-0.2, 0) is 16.0 Å². The lowest BCUT2D eigenvalue weighted by atomic mass is 9.93. The standard InChI is InChI=1S/C26H28N2O6/c1-5-31-25(29)21-12-15(2)23-20(33-21)14-19-16(13-22(34-19)26(3,4)30)24(23)32-11-10-28-9-7-17-18(28)6-8-27-17/h6-8,12,14,22,30H,2,5,9-11,13H2,1,3-4H3/p+1/t22-/m0/s1. The molecule has 34 heavy (non-hydrogen) atoms. The molecule has 2 N–H and O–H groups in total. The zero-order valence-electron chi connectivity index (χ0n) is 19.6. The van der Waals surface area contributed by atoms with Gasteiger partial charge in [-0.15, -0.1) is 0 Å². The molecule has 0 bridgehead atoms. The first-order valence-corrected chi connectivity index (χ1v) is 11.5. The summed E-state index contributed by atoms with van der Waals surface area (Å²) in [4.78, 5) is 17.9. The van der Waals surface area contributed by atoms with Crippen molar-refractivity contribution >= 4 is 17.8 Å². The highest BCUT2D eigenvalue weighted by Gasteiger charge is 2.39. The van der Waals surface area contributed by atoms with Crippen molar-refractivity contribution in [1.82, 2.24) is 0 Å². The average Bonchev–Trinajstić information content (AvgIpc) is 3.49. The van der Waals surface area contributed by atoms with Gasteiger partial charge in [0.2, 0.25) is 5.76 Å². The van der Waals surface area contributed by atoms with E-state index in [1.54, 1.807) is 32.9 Å². The Morgan fingerprint density at radius 1 is 1.38 bits per heavy atom. The molecule has 8 nitrogen and oxygen atoms in total. The van der Waals surface area contributed by atoms with Crippen LogP contribution in [-0.4, -0.2) is 55.3 Å². The summed E-state index contributed by atoms with van der Waals surface area (Å²) < 4.78 is 23.4. The van der Waals surface area contributed by atoms with E-state index < -0.39 is 17.7 Å². The minimum absolute atomic E-state index is 0.0653. The van der Waals surface area contributed by atoms with Gasteiger partial charge in [0.05, 0.1) is 17.8 Å². The third-order valence-corrected chi connectivity index (χ3v) is 6.38. The number of ether oxygens (including phenoxy) is 4. The van der Waals surface area contributed by atoms with Gasteiger partial charge in [-0.2, -0.15) is 0 Å². The highest BCUT2D eigenvalue weighted by atomic mass is 16.6. The first-order chi connectivity index (χ1) is 16.3. The summed E-state index contributed by atoms with van der Waals surface area (Å²) in [6.45, 7) is 11.7. The minimum Gasteiger partial charge on any atom is -0.487 e. The number of aliphatic hydroxyl groups is 1. The fourth-order valence-electron chi connectivity index (χ4n) is 4.60. The summed E-state index contributed by atoms with van der Waals surface area (Å²) in [5, 5.41) is 10.6. The molecule has 0 radical (unpaired) electrons. The number of hydrogen-bond acceptors (Lipinski definition) is 7. The van der Waals surface area contributed by atoms with Gasteiger partial charge in [-0.25, -0.2) is 4.79 Å². The molecule has 0 fully saturated rings. The van der Waals surface area contributed by atoms with Crippen LogP contribution in [0.1, 0.15) is 31.9 Å². The molecule has 0 aromatic heterocycles. The van der Waals surface area contributed by atoms with Crippen LogP contribution in [0.25, 0.3) is 5.57 Å². The molecule has 0 saturated heterocycles. The van der Waals surface area contributed by atoms with Gasteiger partial charge in [-0.05, 0) is 32.4 Å². The third-order valence-electron chi connectivity index (χ3n) is 6.38. The monoisotopic (exact) mass is 465 g/mol. The van der Waals surface area contributed by atoms with Crippen molar-refractivity contribution < 1.29 is 33.7 Å². The van der Waals surface area contributed by atoms with Crippen LogP contribution in [0.2, 0.25) is 0 Å². The molecule has 0 saturated carbocycles. The Morgan fingerprint density at radius 3 is 2.97 bits per heavy atom. The van der Waals surface area contributed by atoms with E-state index in [0.717, 1.165) is 24.4 Å². The number of aliphatic imine (C=N–C) groups is 1. The lowest BCUT2D eigenvalue weighted by Gasteiger charge is -2.24. The van der Waals surface area contributed by atoms with Crippen molar-refractivity contribution in [2.24, 2.45) is 4.99 Å². The van der Waals surface area contributed by atoms with Crippen molar-refractivity contribution in [3.63, 3.8) is 0 Å². The van der Waals surface area contributed by atoms with E-state index in [4.69, 9.17) is 18.9 Å². The van der Waals surface area contributed by atoms with E-state index in [1.165, 1.54) is 10.6 Å². The maximum absolute atomic E-state index is 12.3. The SMILES string of the molecule is C=C1C=C(C(=O)OCC)Oc2cc3c(c(OCC[NH+]4CC=C5N=CC=C54)c21)C[C@@H](C(C)(C)O)O3. The molecule has 8 heteroatoms. The van der Waals surface area contributed by atoms with Crippen molar-refractivity contribution in [1.29, 1.82) is 0 Å². The molecule has 4 aliphatic heterocycles. The van der Waals surface area contributed by atoms with Crippen LogP contribution in [0, 0.1) is 0 Å². The van der Waals surface area contributed by atoms with E-state index in [0.29, 0.717) is 41.4 Å². The number of carbonyl (C=O) groups is 1. The van der Waals surface area contributed by atoms with E-state index in [-0.39, 0.29) is 12.4 Å². The number of fused-ring (bicyclic) bond motifs is 3. The van der Waals surface area contributed by atoms with Crippen molar-refractivity contribution in [3.8, 4) is 17.2 Å². The van der Waals surface area contributed by atoms with Crippen molar-refractivity contribution in [2.75, 3.05) is 26.3 Å². The van der Waals surface area contributed by atoms with E-state index >= 15 is 0 Å². The van der Waals surface area contributed by atoms with Gasteiger partial charge in [0.25, 0.3) is 0 Å². The fraction of sp³-hybridized carbons (Fsp3) is 0.385. The smallest absolute Gasteiger partial charge is 0.374 e. The molecule has 5 rings (SSSR count). The Morgan fingerprint density at radius 2 is 2.21 bits per heavy atom. The largest absolute Gasteiger partial charge is 0.487 e. The molecule has 1 unspecified atom stereocenters. The lowest BCUT2D eigenvalue weighted by molar-refractivity contribution is -0.847. The zero-order chi connectivity index (χ0) is 24.0. The molecule has 1 aromatic carbocycles. The molecule has 0 aliphatic carbocycles. The molecule has 1 aromatic rings. The Hall–Kier alpha value is -3.36. The second-order valence-corrected chi connectivity index (χ2v) is 9.23. The van der Waals surface area contributed by atoms with Gasteiger partial charge in [-0.1, -0.05) is 6.58 Å². The average molecular weight is 466 g/mol. The van der Waals surface area contributed by atoms with Crippen LogP contribution in [0.5, 0.6) is 17.2 Å². The summed E-state index contributed by atoms with van der Waals surface area (Å²) >= 11 is 0. The second kappa shape index (κ2) is 8.45. The zero-order valence-corrected chi connectivity index (χ0v) is 19.6. The number of carbonyl (C=O) groups excluding carboxylic acids is 1. The predicted molar refractivity (Wildman–Crippen MR) is 126 cm³/mol. The summed E-state index contributed by atoms with van der Waals surface area (Å²) in [6.07, 6.45) is 7.62. The van der Waals surface area contributed by atoms with Gasteiger partial charge >= 0.3 is 5.97 Å². The first-order valence-electron chi connectivity index (χ1n) is 11.5. The molecular weight excluding hydrogens is 436 g/mol. The van der Waals surface area contributed by atoms with E-state index in [1.807, 2.05) is 12.3 Å². The Labute approximate surface area is 198 Å².